The van der Waals surface area contributed by atoms with E-state index in [2.05, 4.69) is 11.4 Å². The molecule has 0 saturated heterocycles. The summed E-state index contributed by atoms with van der Waals surface area (Å²) in [4.78, 5) is 23.7. The van der Waals surface area contributed by atoms with Crippen molar-refractivity contribution in [2.24, 2.45) is 0 Å². The van der Waals surface area contributed by atoms with Gasteiger partial charge in [0.1, 0.15) is 0 Å². The van der Waals surface area contributed by atoms with Crippen molar-refractivity contribution in [3.05, 3.63) is 46.0 Å². The standard InChI is InChI=1S/C18H20N2O3S/c1-11(2)23-17(22)10-24-18-15(9-19)14(8-16(21)20-18)13-6-4-12(3)5-7-13/h4-7,11,14H,8,10H2,1-3H3,(H,20,21). The van der Waals surface area contributed by atoms with Gasteiger partial charge in [0, 0.05) is 12.3 Å². The van der Waals surface area contributed by atoms with Gasteiger partial charge in [-0.15, -0.1) is 0 Å². The third-order valence-corrected chi connectivity index (χ3v) is 4.53. The number of amides is 1. The number of carbonyl (C=O) groups excluding carboxylic acids is 2. The van der Waals surface area contributed by atoms with Crippen molar-refractivity contribution in [3.63, 3.8) is 0 Å². The van der Waals surface area contributed by atoms with Crippen molar-refractivity contribution < 1.29 is 14.3 Å². The van der Waals surface area contributed by atoms with Crippen LogP contribution in [-0.2, 0) is 14.3 Å². The van der Waals surface area contributed by atoms with Gasteiger partial charge in [-0.25, -0.2) is 0 Å². The molecule has 0 bridgehead atoms. The van der Waals surface area contributed by atoms with Crippen molar-refractivity contribution in [2.45, 2.75) is 39.2 Å². The molecule has 5 nitrogen and oxygen atoms in total. The van der Waals surface area contributed by atoms with Crippen LogP contribution in [0.15, 0.2) is 34.9 Å². The number of carbonyl (C=O) groups is 2. The number of esters is 1. The second kappa shape index (κ2) is 8.02. The highest BCUT2D eigenvalue weighted by atomic mass is 32.2. The zero-order valence-electron chi connectivity index (χ0n) is 14.0. The van der Waals surface area contributed by atoms with Crippen molar-refractivity contribution >= 4 is 23.6 Å². The summed E-state index contributed by atoms with van der Waals surface area (Å²) in [5.41, 5.74) is 2.53. The number of allylic oxidation sites excluding steroid dienone is 1. The minimum atomic E-state index is -0.369. The number of nitrogens with zero attached hydrogens (tertiary/aromatic N) is 1. The monoisotopic (exact) mass is 344 g/mol. The van der Waals surface area contributed by atoms with Gasteiger partial charge in [0.15, 0.2) is 0 Å². The van der Waals surface area contributed by atoms with Crippen molar-refractivity contribution in [1.29, 1.82) is 5.26 Å². The zero-order chi connectivity index (χ0) is 17.7. The lowest BCUT2D eigenvalue weighted by Crippen LogP contribution is -2.31. The summed E-state index contributed by atoms with van der Waals surface area (Å²) in [7, 11) is 0. The maximum absolute atomic E-state index is 12.0. The molecule has 0 saturated carbocycles. The average molecular weight is 344 g/mol. The van der Waals surface area contributed by atoms with E-state index >= 15 is 0 Å². The lowest BCUT2D eigenvalue weighted by molar-refractivity contribution is -0.144. The number of hydrogen-bond acceptors (Lipinski definition) is 5. The van der Waals surface area contributed by atoms with Crippen LogP contribution < -0.4 is 5.32 Å². The van der Waals surface area contributed by atoms with Gasteiger partial charge in [0.05, 0.1) is 28.5 Å². The van der Waals surface area contributed by atoms with E-state index in [0.717, 1.165) is 22.9 Å². The van der Waals surface area contributed by atoms with Crippen LogP contribution in [0.1, 0.15) is 37.3 Å². The van der Waals surface area contributed by atoms with E-state index < -0.39 is 0 Å². The minimum absolute atomic E-state index is 0.0551. The van der Waals surface area contributed by atoms with E-state index in [1.54, 1.807) is 13.8 Å². The van der Waals surface area contributed by atoms with E-state index in [1.165, 1.54) is 0 Å². The fourth-order valence-electron chi connectivity index (χ4n) is 2.44. The maximum atomic E-state index is 12.0. The topological polar surface area (TPSA) is 79.2 Å². The van der Waals surface area contributed by atoms with Gasteiger partial charge in [-0.2, -0.15) is 5.26 Å². The molecule has 0 aromatic heterocycles. The number of aryl methyl sites for hydroxylation is 1. The first-order valence-corrected chi connectivity index (χ1v) is 8.72. The first-order chi connectivity index (χ1) is 11.4. The summed E-state index contributed by atoms with van der Waals surface area (Å²) in [5, 5.41) is 12.7. The molecule has 1 atom stereocenters. The Morgan fingerprint density at radius 2 is 2.08 bits per heavy atom. The Balaban J connectivity index is 2.23. The molecule has 1 N–H and O–H groups in total. The molecule has 0 radical (unpaired) electrons. The Kier molecular flexibility index (Phi) is 6.04. The molecule has 2 rings (SSSR count). The minimum Gasteiger partial charge on any atom is -0.462 e. The molecule has 1 aromatic rings. The molecule has 1 heterocycles. The highest BCUT2D eigenvalue weighted by Crippen LogP contribution is 2.35. The van der Waals surface area contributed by atoms with E-state index in [4.69, 9.17) is 4.74 Å². The highest BCUT2D eigenvalue weighted by molar-refractivity contribution is 8.03. The van der Waals surface area contributed by atoms with Crippen molar-refractivity contribution in [2.75, 3.05) is 5.75 Å². The average Bonchev–Trinajstić information content (AvgIpc) is 2.52. The number of rotatable bonds is 5. The second-order valence-corrected chi connectivity index (χ2v) is 6.88. The SMILES string of the molecule is Cc1ccc(C2CC(=O)NC(SCC(=O)OC(C)C)=C2C#N)cc1. The summed E-state index contributed by atoms with van der Waals surface area (Å²) < 4.78 is 5.08. The normalized spacial score (nSPS) is 17.5. The molecule has 126 valence electrons. The van der Waals surface area contributed by atoms with E-state index in [0.29, 0.717) is 10.6 Å². The third kappa shape index (κ3) is 4.62. The van der Waals surface area contributed by atoms with Crippen LogP contribution >= 0.6 is 11.8 Å². The van der Waals surface area contributed by atoms with Gasteiger partial charge in [-0.05, 0) is 26.3 Å². The lowest BCUT2D eigenvalue weighted by Gasteiger charge is -2.25. The van der Waals surface area contributed by atoms with Crippen LogP contribution in [0, 0.1) is 18.3 Å². The Morgan fingerprint density at radius 1 is 1.42 bits per heavy atom. The molecule has 0 spiro atoms. The fraction of sp³-hybridized carbons (Fsp3) is 0.389. The lowest BCUT2D eigenvalue weighted by atomic mass is 9.87. The number of ether oxygens (including phenoxy) is 1. The fourth-order valence-corrected chi connectivity index (χ4v) is 3.30. The van der Waals surface area contributed by atoms with E-state index in [-0.39, 0.29) is 36.1 Å². The molecule has 24 heavy (non-hydrogen) atoms. The first-order valence-electron chi connectivity index (χ1n) is 7.73. The molecule has 1 amide bonds. The molecule has 1 unspecified atom stereocenters. The zero-order valence-corrected chi connectivity index (χ0v) is 14.8. The molecule has 1 aromatic carbocycles. The molecule has 0 aliphatic carbocycles. The summed E-state index contributed by atoms with van der Waals surface area (Å²) in [6.45, 7) is 5.54. The highest BCUT2D eigenvalue weighted by Gasteiger charge is 2.29. The van der Waals surface area contributed by atoms with E-state index in [9.17, 15) is 14.9 Å². The molecule has 6 heteroatoms. The van der Waals surface area contributed by atoms with Gasteiger partial charge < -0.3 is 10.1 Å². The van der Waals surface area contributed by atoms with Gasteiger partial charge >= 0.3 is 5.97 Å². The molecule has 1 aliphatic heterocycles. The van der Waals surface area contributed by atoms with Crippen LogP contribution in [0.3, 0.4) is 0 Å². The summed E-state index contributed by atoms with van der Waals surface area (Å²) in [6, 6.07) is 9.99. The molecule has 0 fully saturated rings. The first kappa shape index (κ1) is 18.1. The molecular weight excluding hydrogens is 324 g/mol. The van der Waals surface area contributed by atoms with Crippen LogP contribution in [0.4, 0.5) is 0 Å². The Bertz CT molecular complexity index is 702. The summed E-state index contributed by atoms with van der Waals surface area (Å²) >= 11 is 1.14. The Hall–Kier alpha value is -2.26. The summed E-state index contributed by atoms with van der Waals surface area (Å²) in [5.74, 6) is -0.752. The van der Waals surface area contributed by atoms with Crippen LogP contribution in [0.2, 0.25) is 0 Å². The third-order valence-electron chi connectivity index (χ3n) is 3.54. The van der Waals surface area contributed by atoms with Crippen molar-refractivity contribution in [3.8, 4) is 6.07 Å². The van der Waals surface area contributed by atoms with Gasteiger partial charge in [0.2, 0.25) is 5.91 Å². The maximum Gasteiger partial charge on any atom is 0.316 e. The quantitative estimate of drug-likeness (QED) is 0.831. The largest absolute Gasteiger partial charge is 0.462 e. The number of nitrogens with one attached hydrogen (secondary N) is 1. The van der Waals surface area contributed by atoms with Gasteiger partial charge in [0.25, 0.3) is 0 Å². The van der Waals surface area contributed by atoms with E-state index in [1.807, 2.05) is 31.2 Å². The number of thioether (sulfide) groups is 1. The predicted octanol–water partition coefficient (Wildman–Crippen LogP) is 3.02. The van der Waals surface area contributed by atoms with Crippen LogP contribution in [0.5, 0.6) is 0 Å². The van der Waals surface area contributed by atoms with Crippen molar-refractivity contribution in [1.82, 2.24) is 5.32 Å². The second-order valence-electron chi connectivity index (χ2n) is 5.90. The Labute approximate surface area is 146 Å². The van der Waals surface area contributed by atoms with Crippen LogP contribution in [-0.4, -0.2) is 23.7 Å². The number of benzene rings is 1. The number of hydrogen-bond donors (Lipinski definition) is 1. The summed E-state index contributed by atoms with van der Waals surface area (Å²) in [6.07, 6.45) is 0.0377. The number of nitriles is 1. The smallest absolute Gasteiger partial charge is 0.316 e. The molecule has 1 aliphatic rings. The van der Waals surface area contributed by atoms with Crippen LogP contribution in [0.25, 0.3) is 0 Å². The molecular formula is C18H20N2O3S. The van der Waals surface area contributed by atoms with Gasteiger partial charge in [-0.3, -0.25) is 9.59 Å². The predicted molar refractivity (Wildman–Crippen MR) is 93.0 cm³/mol. The van der Waals surface area contributed by atoms with Gasteiger partial charge in [-0.1, -0.05) is 41.6 Å². The Morgan fingerprint density at radius 3 is 2.67 bits per heavy atom.